The minimum absolute atomic E-state index is 0.000296. The highest BCUT2D eigenvalue weighted by Gasteiger charge is 2.22. The summed E-state index contributed by atoms with van der Waals surface area (Å²) in [6, 6.07) is 9.24. The smallest absolute Gasteiger partial charge is 0.295 e. The molecule has 7 nitrogen and oxygen atoms in total. The first kappa shape index (κ1) is 18.9. The van der Waals surface area contributed by atoms with Crippen molar-refractivity contribution in [2.24, 2.45) is 13.0 Å². The van der Waals surface area contributed by atoms with Crippen molar-refractivity contribution in [1.29, 1.82) is 0 Å². The second-order valence-electron chi connectivity index (χ2n) is 7.04. The van der Waals surface area contributed by atoms with Crippen LogP contribution in [0, 0.1) is 12.8 Å². The average molecular weight is 370 g/mol. The molecule has 0 unspecified atom stereocenters. The summed E-state index contributed by atoms with van der Waals surface area (Å²) in [6.45, 7) is 1.64. The Morgan fingerprint density at radius 2 is 1.78 bits per heavy atom. The summed E-state index contributed by atoms with van der Waals surface area (Å²) in [5.74, 6) is -0.471. The summed E-state index contributed by atoms with van der Waals surface area (Å²) >= 11 is 0. The van der Waals surface area contributed by atoms with Crippen molar-refractivity contribution in [2.45, 2.75) is 39.0 Å². The third kappa shape index (κ3) is 4.13. The van der Waals surface area contributed by atoms with E-state index in [0.717, 1.165) is 31.4 Å². The Balaban J connectivity index is 1.68. The predicted molar refractivity (Wildman–Crippen MR) is 104 cm³/mol. The topological polar surface area (TPSA) is 85.1 Å². The lowest BCUT2D eigenvalue weighted by Crippen LogP contribution is -2.38. The van der Waals surface area contributed by atoms with E-state index in [-0.39, 0.29) is 29.6 Å². The molecular formula is C20H26N4O3. The molecule has 2 aromatic rings. The van der Waals surface area contributed by atoms with Gasteiger partial charge in [0.15, 0.2) is 0 Å². The number of para-hydroxylation sites is 1. The molecule has 3 rings (SSSR count). The lowest BCUT2D eigenvalue weighted by atomic mass is 9.89. The van der Waals surface area contributed by atoms with Crippen LogP contribution in [0.4, 0.5) is 5.69 Å². The van der Waals surface area contributed by atoms with Gasteiger partial charge in [-0.25, -0.2) is 4.68 Å². The highest BCUT2D eigenvalue weighted by molar-refractivity contribution is 5.95. The second kappa shape index (κ2) is 8.24. The zero-order chi connectivity index (χ0) is 19.4. The fourth-order valence-corrected chi connectivity index (χ4v) is 3.57. The minimum atomic E-state index is -0.398. The van der Waals surface area contributed by atoms with Gasteiger partial charge in [0.1, 0.15) is 5.69 Å². The van der Waals surface area contributed by atoms with Crippen molar-refractivity contribution in [2.75, 3.05) is 11.9 Å². The Morgan fingerprint density at radius 1 is 1.11 bits per heavy atom. The highest BCUT2D eigenvalue weighted by atomic mass is 16.2. The Hall–Kier alpha value is -2.83. The van der Waals surface area contributed by atoms with Crippen molar-refractivity contribution < 1.29 is 9.59 Å². The lowest BCUT2D eigenvalue weighted by Gasteiger charge is -2.20. The molecule has 0 atom stereocenters. The lowest BCUT2D eigenvalue weighted by molar-refractivity contribution is -0.128. The molecule has 1 heterocycles. The number of nitrogens with zero attached hydrogens (tertiary/aromatic N) is 2. The number of carbonyl (C=O) groups excluding carboxylic acids is 2. The molecule has 1 aliphatic carbocycles. The maximum atomic E-state index is 12.8. The molecule has 1 fully saturated rings. The normalized spacial score (nSPS) is 14.7. The summed E-state index contributed by atoms with van der Waals surface area (Å²) in [4.78, 5) is 37.2. The SMILES string of the molecule is Cc1c(NC(=O)CNC(=O)C2CCCCC2)c(=O)n(-c2ccccc2)n1C. The molecule has 1 aromatic carbocycles. The number of benzene rings is 1. The van der Waals surface area contributed by atoms with E-state index in [1.807, 2.05) is 30.3 Å². The molecule has 2 amide bonds. The summed E-state index contributed by atoms with van der Waals surface area (Å²) in [5.41, 5.74) is 1.31. The van der Waals surface area contributed by atoms with E-state index >= 15 is 0 Å². The number of carbonyl (C=O) groups is 2. The Labute approximate surface area is 158 Å². The van der Waals surface area contributed by atoms with Crippen LogP contribution in [-0.2, 0) is 16.6 Å². The zero-order valence-electron chi connectivity index (χ0n) is 15.8. The molecule has 0 bridgehead atoms. The van der Waals surface area contributed by atoms with E-state index in [2.05, 4.69) is 10.6 Å². The fourth-order valence-electron chi connectivity index (χ4n) is 3.57. The molecule has 27 heavy (non-hydrogen) atoms. The number of amides is 2. The van der Waals surface area contributed by atoms with Crippen LogP contribution in [0.25, 0.3) is 5.69 Å². The van der Waals surface area contributed by atoms with Crippen molar-refractivity contribution in [3.05, 3.63) is 46.4 Å². The quantitative estimate of drug-likeness (QED) is 0.845. The maximum absolute atomic E-state index is 12.8. The van der Waals surface area contributed by atoms with E-state index in [1.54, 1.807) is 18.7 Å². The largest absolute Gasteiger partial charge is 0.347 e. The molecule has 1 aromatic heterocycles. The molecular weight excluding hydrogens is 344 g/mol. The molecule has 0 spiro atoms. The molecule has 144 valence electrons. The first-order valence-electron chi connectivity index (χ1n) is 9.40. The Kier molecular flexibility index (Phi) is 5.78. The van der Waals surface area contributed by atoms with Gasteiger partial charge >= 0.3 is 0 Å². The Bertz CT molecular complexity index is 877. The third-order valence-corrected chi connectivity index (χ3v) is 5.22. The van der Waals surface area contributed by atoms with E-state index in [9.17, 15) is 14.4 Å². The van der Waals surface area contributed by atoms with Crippen LogP contribution in [0.15, 0.2) is 35.1 Å². The minimum Gasteiger partial charge on any atom is -0.347 e. The predicted octanol–water partition coefficient (Wildman–Crippen LogP) is 2.12. The number of hydrogen-bond donors (Lipinski definition) is 2. The van der Waals surface area contributed by atoms with Gasteiger partial charge in [-0.1, -0.05) is 37.5 Å². The fraction of sp³-hybridized carbons (Fsp3) is 0.450. The average Bonchev–Trinajstić information content (AvgIpc) is 2.90. The molecule has 2 N–H and O–H groups in total. The van der Waals surface area contributed by atoms with Crippen LogP contribution in [0.5, 0.6) is 0 Å². The van der Waals surface area contributed by atoms with Crippen molar-refractivity contribution in [1.82, 2.24) is 14.7 Å². The third-order valence-electron chi connectivity index (χ3n) is 5.22. The van der Waals surface area contributed by atoms with Gasteiger partial charge < -0.3 is 10.6 Å². The van der Waals surface area contributed by atoms with Gasteiger partial charge in [0.05, 0.1) is 17.9 Å². The highest BCUT2D eigenvalue weighted by Crippen LogP contribution is 2.23. The first-order chi connectivity index (χ1) is 13.0. The standard InChI is InChI=1S/C20H26N4O3/c1-14-18(20(27)24(23(14)2)16-11-7-4-8-12-16)22-17(25)13-21-19(26)15-9-5-3-6-10-15/h4,7-8,11-12,15H,3,5-6,9-10,13H2,1-2H3,(H,21,26)(H,22,25). The van der Waals surface area contributed by atoms with E-state index in [0.29, 0.717) is 5.69 Å². The molecule has 1 saturated carbocycles. The first-order valence-corrected chi connectivity index (χ1v) is 9.40. The van der Waals surface area contributed by atoms with Crippen molar-refractivity contribution >= 4 is 17.5 Å². The van der Waals surface area contributed by atoms with Gasteiger partial charge in [0.25, 0.3) is 5.56 Å². The van der Waals surface area contributed by atoms with E-state index in [4.69, 9.17) is 0 Å². The molecule has 0 aliphatic heterocycles. The van der Waals surface area contributed by atoms with Crippen LogP contribution in [-0.4, -0.2) is 27.7 Å². The Morgan fingerprint density at radius 3 is 2.44 bits per heavy atom. The van der Waals surface area contributed by atoms with Crippen LogP contribution < -0.4 is 16.2 Å². The van der Waals surface area contributed by atoms with Gasteiger partial charge in [-0.2, -0.15) is 0 Å². The van der Waals surface area contributed by atoms with Gasteiger partial charge in [-0.05, 0) is 31.9 Å². The summed E-state index contributed by atoms with van der Waals surface area (Å²) < 4.78 is 3.21. The monoisotopic (exact) mass is 370 g/mol. The van der Waals surface area contributed by atoms with Crippen LogP contribution >= 0.6 is 0 Å². The van der Waals surface area contributed by atoms with E-state index in [1.165, 1.54) is 11.1 Å². The summed E-state index contributed by atoms with van der Waals surface area (Å²) in [6.07, 6.45) is 5.06. The van der Waals surface area contributed by atoms with Gasteiger partial charge in [0.2, 0.25) is 11.8 Å². The van der Waals surface area contributed by atoms with Gasteiger partial charge in [-0.3, -0.25) is 19.1 Å². The molecule has 1 aliphatic rings. The maximum Gasteiger partial charge on any atom is 0.295 e. The number of aromatic nitrogens is 2. The van der Waals surface area contributed by atoms with E-state index < -0.39 is 5.91 Å². The number of anilines is 1. The zero-order valence-corrected chi connectivity index (χ0v) is 15.8. The van der Waals surface area contributed by atoms with Crippen LogP contribution in [0.1, 0.15) is 37.8 Å². The van der Waals surface area contributed by atoms with Gasteiger partial charge in [0, 0.05) is 13.0 Å². The van der Waals surface area contributed by atoms with Crippen molar-refractivity contribution in [3.8, 4) is 5.69 Å². The van der Waals surface area contributed by atoms with Gasteiger partial charge in [-0.15, -0.1) is 0 Å². The van der Waals surface area contributed by atoms with Crippen molar-refractivity contribution in [3.63, 3.8) is 0 Å². The molecule has 0 saturated heterocycles. The summed E-state index contributed by atoms with van der Waals surface area (Å²) in [5, 5.41) is 5.36. The number of rotatable bonds is 5. The second-order valence-corrected chi connectivity index (χ2v) is 7.04. The number of hydrogen-bond acceptors (Lipinski definition) is 3. The van der Waals surface area contributed by atoms with Crippen LogP contribution in [0.3, 0.4) is 0 Å². The van der Waals surface area contributed by atoms with Crippen LogP contribution in [0.2, 0.25) is 0 Å². The molecule has 0 radical (unpaired) electrons. The number of nitrogens with one attached hydrogen (secondary N) is 2. The molecule has 7 heteroatoms. The summed E-state index contributed by atoms with van der Waals surface area (Å²) in [7, 11) is 1.77.